The van der Waals surface area contributed by atoms with Crippen LogP contribution < -0.4 is 0 Å². The zero-order valence-electron chi connectivity index (χ0n) is 14.5. The summed E-state index contributed by atoms with van der Waals surface area (Å²) in [7, 11) is -3.65. The molecule has 3 aromatic rings. The number of aromatic nitrogens is 1. The van der Waals surface area contributed by atoms with Crippen LogP contribution in [0.4, 0.5) is 0 Å². The molecular weight excluding hydrogens is 364 g/mol. The summed E-state index contributed by atoms with van der Waals surface area (Å²) in [6.45, 7) is -0.136. The zero-order chi connectivity index (χ0) is 19.2. The van der Waals surface area contributed by atoms with Crippen LogP contribution in [0.25, 0.3) is 10.9 Å². The highest BCUT2D eigenvalue weighted by atomic mass is 32.2. The van der Waals surface area contributed by atoms with Crippen molar-refractivity contribution < 1.29 is 17.9 Å². The molecule has 136 valence electrons. The van der Waals surface area contributed by atoms with Crippen LogP contribution in [0, 0.1) is 11.3 Å². The van der Waals surface area contributed by atoms with Crippen LogP contribution in [0.1, 0.15) is 21.6 Å². The maximum absolute atomic E-state index is 13.4. The number of fused-ring (bicyclic) bond motifs is 3. The Hall–Kier alpha value is -2.95. The van der Waals surface area contributed by atoms with Gasteiger partial charge in [-0.1, -0.05) is 48.5 Å². The average Bonchev–Trinajstić information content (AvgIpc) is 3.00. The van der Waals surface area contributed by atoms with Gasteiger partial charge in [-0.3, -0.25) is 4.79 Å². The predicted molar refractivity (Wildman–Crippen MR) is 99.8 cm³/mol. The van der Waals surface area contributed by atoms with Crippen molar-refractivity contribution in [1.29, 1.82) is 5.26 Å². The van der Waals surface area contributed by atoms with Crippen LogP contribution in [-0.2, 0) is 27.8 Å². The Morgan fingerprint density at radius 1 is 1.15 bits per heavy atom. The number of hydrogen-bond donors (Lipinski definition) is 0. The van der Waals surface area contributed by atoms with Crippen LogP contribution >= 0.6 is 0 Å². The van der Waals surface area contributed by atoms with Gasteiger partial charge < -0.3 is 4.74 Å². The number of nitriles is 1. The van der Waals surface area contributed by atoms with Gasteiger partial charge in [-0.25, -0.2) is 12.4 Å². The third-order valence-corrected chi connectivity index (χ3v) is 5.86. The van der Waals surface area contributed by atoms with E-state index in [1.807, 2.05) is 36.4 Å². The van der Waals surface area contributed by atoms with Crippen molar-refractivity contribution in [3.8, 4) is 6.07 Å². The van der Waals surface area contributed by atoms with Gasteiger partial charge in [-0.15, -0.1) is 0 Å². The predicted octanol–water partition coefficient (Wildman–Crippen LogP) is 2.67. The van der Waals surface area contributed by atoms with Crippen LogP contribution in [0.15, 0.2) is 54.6 Å². The second-order valence-electron chi connectivity index (χ2n) is 6.59. The van der Waals surface area contributed by atoms with Gasteiger partial charge in [0.15, 0.2) is 0 Å². The molecule has 2 heterocycles. The third kappa shape index (κ3) is 2.65. The van der Waals surface area contributed by atoms with Crippen molar-refractivity contribution in [3.63, 3.8) is 0 Å². The van der Waals surface area contributed by atoms with Crippen molar-refractivity contribution in [1.82, 2.24) is 3.97 Å². The number of carbonyl (C=O) groups excluding carboxylic acids is 1. The Morgan fingerprint density at radius 2 is 1.81 bits per heavy atom. The minimum Gasteiger partial charge on any atom is -0.346 e. The van der Waals surface area contributed by atoms with Gasteiger partial charge in [0, 0.05) is 11.8 Å². The first-order chi connectivity index (χ1) is 12.9. The molecule has 7 heteroatoms. The van der Waals surface area contributed by atoms with Crippen LogP contribution in [-0.4, -0.2) is 30.0 Å². The molecule has 0 amide bonds. The van der Waals surface area contributed by atoms with E-state index in [2.05, 4.69) is 0 Å². The molecule has 4 rings (SSSR count). The standard InChI is InChI=1S/C20H16N2O4S/c1-27(24,25)22-16-10-6-5-9-15(16)18-17(22)12-26-20(13-21,19(18)23)11-14-7-3-2-4-8-14/h2-10H,11-12H2,1H3/t20-/m0/s1. The Balaban J connectivity index is 1.94. The summed E-state index contributed by atoms with van der Waals surface area (Å²) in [5.41, 5.74) is 0.0429. The number of benzene rings is 2. The largest absolute Gasteiger partial charge is 0.346 e. The first-order valence-electron chi connectivity index (χ1n) is 8.34. The van der Waals surface area contributed by atoms with Gasteiger partial charge in [0.2, 0.25) is 21.4 Å². The molecular formula is C20H16N2O4S. The number of Topliss-reactive ketones (excluding diaryl/α,β-unsaturated/α-hetero) is 1. The summed E-state index contributed by atoms with van der Waals surface area (Å²) in [5, 5.41) is 10.3. The average molecular weight is 380 g/mol. The minimum atomic E-state index is -3.65. The number of ketones is 1. The highest BCUT2D eigenvalue weighted by molar-refractivity contribution is 7.89. The molecule has 1 aliphatic rings. The van der Waals surface area contributed by atoms with Gasteiger partial charge in [0.05, 0.1) is 29.6 Å². The number of para-hydroxylation sites is 1. The van der Waals surface area contributed by atoms with E-state index in [1.165, 1.54) is 0 Å². The van der Waals surface area contributed by atoms with Crippen molar-refractivity contribution in [2.45, 2.75) is 18.6 Å². The van der Waals surface area contributed by atoms with E-state index in [9.17, 15) is 18.5 Å². The maximum Gasteiger partial charge on any atom is 0.236 e. The monoisotopic (exact) mass is 380 g/mol. The van der Waals surface area contributed by atoms with E-state index < -0.39 is 21.4 Å². The molecule has 0 radical (unpaired) electrons. The Morgan fingerprint density at radius 3 is 2.48 bits per heavy atom. The molecule has 0 saturated carbocycles. The molecule has 27 heavy (non-hydrogen) atoms. The fourth-order valence-electron chi connectivity index (χ4n) is 3.62. The zero-order valence-corrected chi connectivity index (χ0v) is 15.4. The summed E-state index contributed by atoms with van der Waals surface area (Å²) in [6, 6.07) is 18.0. The SMILES string of the molecule is CS(=O)(=O)n1c2c(c3ccccc31)C(=O)[C@@](C#N)(Cc1ccccc1)OC2. The second kappa shape index (κ2) is 6.05. The van der Waals surface area contributed by atoms with Crippen molar-refractivity contribution in [2.75, 3.05) is 6.26 Å². The van der Waals surface area contributed by atoms with Crippen molar-refractivity contribution in [2.24, 2.45) is 0 Å². The van der Waals surface area contributed by atoms with Gasteiger partial charge >= 0.3 is 0 Å². The molecule has 0 unspecified atom stereocenters. The van der Waals surface area contributed by atoms with Gasteiger partial charge in [0.25, 0.3) is 0 Å². The lowest BCUT2D eigenvalue weighted by Crippen LogP contribution is -2.46. The lowest BCUT2D eigenvalue weighted by molar-refractivity contribution is -0.0114. The minimum absolute atomic E-state index is 0.0982. The topological polar surface area (TPSA) is 89.2 Å². The number of rotatable bonds is 3. The van der Waals surface area contributed by atoms with Gasteiger partial charge in [-0.2, -0.15) is 5.26 Å². The van der Waals surface area contributed by atoms with Crippen molar-refractivity contribution >= 4 is 26.7 Å². The Bertz CT molecular complexity index is 1210. The normalized spacial score (nSPS) is 19.6. The summed E-state index contributed by atoms with van der Waals surface area (Å²) in [6.07, 6.45) is 1.18. The molecule has 1 aliphatic heterocycles. The van der Waals surface area contributed by atoms with E-state index in [0.29, 0.717) is 10.9 Å². The summed E-state index contributed by atoms with van der Waals surface area (Å²) in [4.78, 5) is 13.4. The summed E-state index contributed by atoms with van der Waals surface area (Å²) >= 11 is 0. The molecule has 0 spiro atoms. The fraction of sp³-hybridized carbons (Fsp3) is 0.200. The Labute approximate surface area is 156 Å². The molecule has 1 aromatic heterocycles. The first-order valence-corrected chi connectivity index (χ1v) is 10.2. The quantitative estimate of drug-likeness (QED) is 0.697. The summed E-state index contributed by atoms with van der Waals surface area (Å²) in [5.74, 6) is -0.506. The second-order valence-corrected chi connectivity index (χ2v) is 8.42. The number of nitrogens with zero attached hydrogens (tertiary/aromatic N) is 2. The van der Waals surface area contributed by atoms with E-state index in [1.54, 1.807) is 24.3 Å². The van der Waals surface area contributed by atoms with E-state index in [4.69, 9.17) is 4.74 Å². The van der Waals surface area contributed by atoms with E-state index in [-0.39, 0.29) is 24.3 Å². The molecule has 2 aromatic carbocycles. The maximum atomic E-state index is 13.4. The van der Waals surface area contributed by atoms with Crippen LogP contribution in [0.5, 0.6) is 0 Å². The van der Waals surface area contributed by atoms with Crippen molar-refractivity contribution in [3.05, 3.63) is 71.4 Å². The van der Waals surface area contributed by atoms with E-state index >= 15 is 0 Å². The molecule has 0 saturated heterocycles. The molecule has 6 nitrogen and oxygen atoms in total. The fourth-order valence-corrected chi connectivity index (χ4v) is 4.68. The number of hydrogen-bond acceptors (Lipinski definition) is 5. The summed E-state index contributed by atoms with van der Waals surface area (Å²) < 4.78 is 31.5. The van der Waals surface area contributed by atoms with Crippen LogP contribution in [0.3, 0.4) is 0 Å². The number of carbonyl (C=O) groups is 1. The van der Waals surface area contributed by atoms with E-state index in [0.717, 1.165) is 15.8 Å². The highest BCUT2D eigenvalue weighted by Crippen LogP contribution is 2.37. The molecule has 0 fully saturated rings. The molecule has 0 aliphatic carbocycles. The molecule has 0 bridgehead atoms. The smallest absolute Gasteiger partial charge is 0.236 e. The molecule has 0 N–H and O–H groups in total. The highest BCUT2D eigenvalue weighted by Gasteiger charge is 2.47. The van der Waals surface area contributed by atoms with Gasteiger partial charge in [-0.05, 0) is 11.6 Å². The van der Waals surface area contributed by atoms with Gasteiger partial charge in [0.1, 0.15) is 6.07 Å². The first kappa shape index (κ1) is 17.5. The number of ether oxygens (including phenoxy) is 1. The van der Waals surface area contributed by atoms with Crippen LogP contribution in [0.2, 0.25) is 0 Å². The third-order valence-electron chi connectivity index (χ3n) is 4.78. The lowest BCUT2D eigenvalue weighted by Gasteiger charge is -2.30. The Kier molecular flexibility index (Phi) is 3.91. The lowest BCUT2D eigenvalue weighted by atomic mass is 9.85. The molecule has 1 atom stereocenters.